The van der Waals surface area contributed by atoms with Crippen LogP contribution in [-0.4, -0.2) is 73.4 Å². The molecule has 3 atom stereocenters. The van der Waals surface area contributed by atoms with Crippen LogP contribution in [0.25, 0.3) is 11.2 Å². The van der Waals surface area contributed by atoms with Gasteiger partial charge in [0.2, 0.25) is 5.91 Å². The highest BCUT2D eigenvalue weighted by Crippen LogP contribution is 2.41. The Kier molecular flexibility index (Phi) is 11.9. The number of aryl methyl sites for hydroxylation is 4. The lowest BCUT2D eigenvalue weighted by Gasteiger charge is -2.30. The Morgan fingerprint density at radius 2 is 1.49 bits per heavy atom. The molecule has 0 saturated carbocycles. The number of carbonyl (C=O) groups is 4. The number of aliphatic hydroxyl groups excluding tert-OH is 1. The fraction of sp³-hybridized carbons (Fsp3) is 0.452. The molecule has 0 spiro atoms. The van der Waals surface area contributed by atoms with Gasteiger partial charge in [0.25, 0.3) is 0 Å². The van der Waals surface area contributed by atoms with Crippen LogP contribution in [0.5, 0.6) is 11.5 Å². The van der Waals surface area contributed by atoms with Crippen molar-refractivity contribution in [2.75, 3.05) is 18.5 Å². The van der Waals surface area contributed by atoms with E-state index in [0.29, 0.717) is 22.6 Å². The lowest BCUT2D eigenvalue weighted by molar-refractivity contribution is -0.153. The van der Waals surface area contributed by atoms with E-state index in [-0.39, 0.29) is 36.4 Å². The lowest BCUT2D eigenvalue weighted by Crippen LogP contribution is -2.45. The zero-order valence-electron chi connectivity index (χ0n) is 33.8. The van der Waals surface area contributed by atoms with E-state index in [4.69, 9.17) is 25.4 Å². The van der Waals surface area contributed by atoms with Gasteiger partial charge < -0.3 is 33.9 Å². The van der Waals surface area contributed by atoms with Crippen LogP contribution in [0, 0.1) is 46.1 Å². The average molecular weight is 786 g/mol. The standard InChI is InChI=1S/C42H48FN5O9/c1-12-42(20-54-32(52)18-41(10,11)34-25(5)14-23(3)16-30(34)57-27(7)50)36(53)28(19-55-42)48-21-44-35-37(46-39(43)47-38(35)48)45-31(51)17-40(8,9)33-24(4)13-22(2)15-29(33)56-26(6)49/h1,13-16,21,28,36,53H,17-20H2,2-11H3,(H,45,46,47,51)/t28-,36+,42-/m1/s1. The molecule has 4 aromatic rings. The van der Waals surface area contributed by atoms with Gasteiger partial charge in [-0.15, -0.1) is 6.42 Å². The van der Waals surface area contributed by atoms with Crippen molar-refractivity contribution >= 4 is 40.8 Å². The number of nitrogens with zero attached hydrogens (tertiary/aromatic N) is 4. The van der Waals surface area contributed by atoms with Crippen molar-refractivity contribution in [1.82, 2.24) is 19.5 Å². The number of esters is 3. The summed E-state index contributed by atoms with van der Waals surface area (Å²) in [6, 6.07) is 6.37. The van der Waals surface area contributed by atoms with E-state index in [1.807, 2.05) is 67.5 Å². The quantitative estimate of drug-likeness (QED) is 0.0790. The van der Waals surface area contributed by atoms with Gasteiger partial charge in [0.1, 0.15) is 24.2 Å². The molecule has 1 saturated heterocycles. The maximum atomic E-state index is 15.0. The third-order valence-electron chi connectivity index (χ3n) is 9.99. The Morgan fingerprint density at radius 3 is 2.02 bits per heavy atom. The molecule has 57 heavy (non-hydrogen) atoms. The molecule has 5 rings (SSSR count). The number of imidazole rings is 1. The second-order valence-corrected chi connectivity index (χ2v) is 15.9. The number of nitrogens with one attached hydrogen (secondary N) is 1. The first-order valence-corrected chi connectivity index (χ1v) is 18.3. The number of aromatic nitrogens is 4. The summed E-state index contributed by atoms with van der Waals surface area (Å²) in [6.07, 6.45) is 4.30. The minimum atomic E-state index is -1.78. The van der Waals surface area contributed by atoms with Crippen molar-refractivity contribution in [3.05, 3.63) is 70.1 Å². The summed E-state index contributed by atoms with van der Waals surface area (Å²) >= 11 is 0. The molecule has 1 amide bonds. The Labute approximate surface area is 330 Å². The molecular formula is C42H48FN5O9. The SMILES string of the molecule is C#C[C@]1(COC(=O)CC(C)(C)c2c(C)cc(C)cc2OC(C)=O)OC[C@@H](n2cnc3c(NC(=O)CC(C)(C)c4c(C)cc(C)cc4OC(C)=O)nc(F)nc32)[C@@H]1O. The van der Waals surface area contributed by atoms with E-state index >= 15 is 4.39 Å². The Hall–Kier alpha value is -5.72. The molecule has 2 N–H and O–H groups in total. The van der Waals surface area contributed by atoms with Crippen molar-refractivity contribution in [2.45, 2.75) is 111 Å². The number of terminal acetylenes is 1. The molecule has 2 aromatic heterocycles. The summed E-state index contributed by atoms with van der Waals surface area (Å²) in [7, 11) is 0. The molecule has 15 heteroatoms. The molecular weight excluding hydrogens is 737 g/mol. The van der Waals surface area contributed by atoms with Crippen molar-refractivity contribution < 1.29 is 47.6 Å². The zero-order valence-corrected chi connectivity index (χ0v) is 33.8. The number of benzene rings is 2. The van der Waals surface area contributed by atoms with Crippen molar-refractivity contribution in [1.29, 1.82) is 0 Å². The second kappa shape index (κ2) is 16.0. The topological polar surface area (TPSA) is 181 Å². The molecule has 14 nitrogen and oxygen atoms in total. The van der Waals surface area contributed by atoms with Gasteiger partial charge in [0.15, 0.2) is 22.6 Å². The predicted molar refractivity (Wildman–Crippen MR) is 207 cm³/mol. The van der Waals surface area contributed by atoms with Crippen LogP contribution >= 0.6 is 0 Å². The number of carbonyl (C=O) groups excluding carboxylic acids is 4. The number of hydrogen-bond donors (Lipinski definition) is 2. The smallest absolute Gasteiger partial charge is 0.312 e. The first kappa shape index (κ1) is 42.4. The number of rotatable bonds is 12. The van der Waals surface area contributed by atoms with Crippen molar-refractivity contribution in [2.24, 2.45) is 0 Å². The summed E-state index contributed by atoms with van der Waals surface area (Å²) in [5.74, 6) is 0.763. The number of fused-ring (bicyclic) bond motifs is 1. The Balaban J connectivity index is 1.32. The van der Waals surface area contributed by atoms with E-state index in [1.54, 1.807) is 12.1 Å². The Morgan fingerprint density at radius 1 is 0.947 bits per heavy atom. The third-order valence-corrected chi connectivity index (χ3v) is 9.99. The number of hydrogen-bond acceptors (Lipinski definition) is 12. The van der Waals surface area contributed by atoms with Crippen molar-refractivity contribution in [3.8, 4) is 23.8 Å². The lowest BCUT2D eigenvalue weighted by atomic mass is 9.78. The second-order valence-electron chi connectivity index (χ2n) is 15.9. The number of halogens is 1. The number of amides is 1. The number of aliphatic hydroxyl groups is 1. The first-order chi connectivity index (χ1) is 26.6. The predicted octanol–water partition coefficient (Wildman–Crippen LogP) is 5.57. The van der Waals surface area contributed by atoms with Crippen LogP contribution in [0.1, 0.15) is 93.8 Å². The fourth-order valence-corrected chi connectivity index (χ4v) is 7.89. The summed E-state index contributed by atoms with van der Waals surface area (Å²) in [5.41, 5.74) is 1.27. The molecule has 1 aliphatic rings. The van der Waals surface area contributed by atoms with Gasteiger partial charge in [-0.3, -0.25) is 19.2 Å². The minimum Gasteiger partial charge on any atom is -0.461 e. The van der Waals surface area contributed by atoms with E-state index in [9.17, 15) is 24.3 Å². The maximum absolute atomic E-state index is 15.0. The summed E-state index contributed by atoms with van der Waals surface area (Å²) < 4.78 is 38.9. The molecule has 0 aliphatic carbocycles. The number of anilines is 1. The third kappa shape index (κ3) is 8.97. The Bertz CT molecular complexity index is 2310. The molecule has 0 unspecified atom stereocenters. The van der Waals surface area contributed by atoms with Crippen LogP contribution in [0.2, 0.25) is 0 Å². The summed E-state index contributed by atoms with van der Waals surface area (Å²) in [4.78, 5) is 62.6. The fourth-order valence-electron chi connectivity index (χ4n) is 7.89. The van der Waals surface area contributed by atoms with E-state index < -0.39 is 65.1 Å². The van der Waals surface area contributed by atoms with Gasteiger partial charge in [0, 0.05) is 42.2 Å². The van der Waals surface area contributed by atoms with Gasteiger partial charge in [-0.25, -0.2) is 4.98 Å². The van der Waals surface area contributed by atoms with Crippen molar-refractivity contribution in [3.63, 3.8) is 0 Å². The molecule has 302 valence electrons. The van der Waals surface area contributed by atoms with Crippen LogP contribution in [0.4, 0.5) is 10.2 Å². The van der Waals surface area contributed by atoms with Gasteiger partial charge >= 0.3 is 24.0 Å². The largest absolute Gasteiger partial charge is 0.461 e. The molecule has 1 fully saturated rings. The molecule has 0 radical (unpaired) electrons. The molecule has 1 aliphatic heterocycles. The van der Waals surface area contributed by atoms with Crippen LogP contribution in [0.3, 0.4) is 0 Å². The van der Waals surface area contributed by atoms with E-state index in [2.05, 4.69) is 26.2 Å². The van der Waals surface area contributed by atoms with Gasteiger partial charge in [-0.2, -0.15) is 14.4 Å². The van der Waals surface area contributed by atoms with Gasteiger partial charge in [-0.05, 0) is 62.1 Å². The average Bonchev–Trinajstić information content (AvgIpc) is 3.62. The van der Waals surface area contributed by atoms with Crippen LogP contribution in [-0.2, 0) is 39.5 Å². The first-order valence-electron chi connectivity index (χ1n) is 18.3. The summed E-state index contributed by atoms with van der Waals surface area (Å²) in [6.45, 7) is 16.7. The van der Waals surface area contributed by atoms with E-state index in [1.165, 1.54) is 24.7 Å². The molecule has 2 aromatic carbocycles. The van der Waals surface area contributed by atoms with Gasteiger partial charge in [-0.1, -0.05) is 45.7 Å². The van der Waals surface area contributed by atoms with Crippen LogP contribution in [0.15, 0.2) is 30.6 Å². The molecule has 0 bridgehead atoms. The normalized spacial score (nSPS) is 18.2. The van der Waals surface area contributed by atoms with Crippen LogP contribution < -0.4 is 14.8 Å². The maximum Gasteiger partial charge on any atom is 0.312 e. The highest BCUT2D eigenvalue weighted by molar-refractivity contribution is 5.97. The van der Waals surface area contributed by atoms with E-state index in [0.717, 1.165) is 22.3 Å². The zero-order chi connectivity index (χ0) is 42.2. The van der Waals surface area contributed by atoms with Gasteiger partial charge in [0.05, 0.1) is 25.4 Å². The molecule has 3 heterocycles. The summed E-state index contributed by atoms with van der Waals surface area (Å²) in [5, 5.41) is 14.2. The monoisotopic (exact) mass is 785 g/mol. The highest BCUT2D eigenvalue weighted by atomic mass is 19.1. The number of ether oxygens (including phenoxy) is 4. The highest BCUT2D eigenvalue weighted by Gasteiger charge is 2.51. The minimum absolute atomic E-state index is 0.0354.